The van der Waals surface area contributed by atoms with Gasteiger partial charge in [-0.2, -0.15) is 0 Å². The zero-order valence-corrected chi connectivity index (χ0v) is 16.0. The van der Waals surface area contributed by atoms with Crippen LogP contribution in [0.15, 0.2) is 48.8 Å². The largest absolute Gasteiger partial charge is 0.495 e. The van der Waals surface area contributed by atoms with E-state index in [2.05, 4.69) is 20.6 Å². The third-order valence-corrected chi connectivity index (χ3v) is 4.26. The molecule has 0 saturated carbocycles. The molecule has 0 unspecified atom stereocenters. The Morgan fingerprint density at radius 1 is 1.07 bits per heavy atom. The third-order valence-electron chi connectivity index (χ3n) is 3.97. The molecule has 0 aliphatic carbocycles. The van der Waals surface area contributed by atoms with Crippen LogP contribution in [-0.2, 0) is 0 Å². The van der Waals surface area contributed by atoms with Crippen molar-refractivity contribution in [2.45, 2.75) is 13.8 Å². The fourth-order valence-corrected chi connectivity index (χ4v) is 2.76. The number of aromatic nitrogens is 2. The van der Waals surface area contributed by atoms with Crippen LogP contribution in [0.25, 0.3) is 0 Å². The van der Waals surface area contributed by atoms with E-state index in [1.165, 1.54) is 13.4 Å². The zero-order valence-electron chi connectivity index (χ0n) is 15.2. The number of halogens is 1. The fraction of sp³-hybridized carbons (Fsp3) is 0.150. The summed E-state index contributed by atoms with van der Waals surface area (Å²) in [7, 11) is 1.53. The summed E-state index contributed by atoms with van der Waals surface area (Å²) in [6.07, 6.45) is 1.35. The first-order chi connectivity index (χ1) is 13.0. The number of nitrogens with one attached hydrogen (secondary N) is 2. The van der Waals surface area contributed by atoms with E-state index in [-0.39, 0.29) is 11.6 Å². The number of carbonyl (C=O) groups is 1. The Bertz CT molecular complexity index is 991. The average molecular weight is 383 g/mol. The molecule has 0 spiro atoms. The minimum Gasteiger partial charge on any atom is -0.495 e. The van der Waals surface area contributed by atoms with Gasteiger partial charge in [0.1, 0.15) is 23.6 Å². The molecular weight excluding hydrogens is 364 g/mol. The molecule has 3 rings (SSSR count). The van der Waals surface area contributed by atoms with E-state index in [9.17, 15) is 4.79 Å². The molecule has 0 atom stereocenters. The Labute approximate surface area is 162 Å². The summed E-state index contributed by atoms with van der Waals surface area (Å²) in [5, 5.41) is 6.40. The molecule has 0 aliphatic heterocycles. The maximum absolute atomic E-state index is 12.5. The van der Waals surface area contributed by atoms with Gasteiger partial charge in [0, 0.05) is 17.4 Å². The van der Waals surface area contributed by atoms with E-state index in [4.69, 9.17) is 16.3 Å². The second-order valence-electron chi connectivity index (χ2n) is 6.04. The van der Waals surface area contributed by atoms with Crippen LogP contribution in [0.3, 0.4) is 0 Å². The molecule has 2 N–H and O–H groups in total. The smallest absolute Gasteiger partial charge is 0.274 e. The van der Waals surface area contributed by atoms with E-state index < -0.39 is 0 Å². The van der Waals surface area contributed by atoms with Crippen LogP contribution in [0.5, 0.6) is 5.75 Å². The molecule has 138 valence electrons. The normalized spacial score (nSPS) is 10.4. The lowest BCUT2D eigenvalue weighted by Gasteiger charge is -2.11. The summed E-state index contributed by atoms with van der Waals surface area (Å²) in [6, 6.07) is 12.7. The van der Waals surface area contributed by atoms with Crippen molar-refractivity contribution < 1.29 is 9.53 Å². The number of carbonyl (C=O) groups excluding carboxylic acids is 1. The first-order valence-corrected chi connectivity index (χ1v) is 8.65. The number of hydrogen-bond donors (Lipinski definition) is 2. The highest BCUT2D eigenvalue weighted by Crippen LogP contribution is 2.27. The molecule has 0 aliphatic rings. The average Bonchev–Trinajstić information content (AvgIpc) is 2.65. The van der Waals surface area contributed by atoms with Gasteiger partial charge < -0.3 is 15.4 Å². The Hall–Kier alpha value is -3.12. The van der Waals surface area contributed by atoms with Crippen molar-refractivity contribution in [3.05, 3.63) is 70.6 Å². The number of nitrogens with zero attached hydrogens (tertiary/aromatic N) is 2. The molecule has 0 radical (unpaired) electrons. The van der Waals surface area contributed by atoms with Crippen molar-refractivity contribution in [1.29, 1.82) is 0 Å². The van der Waals surface area contributed by atoms with Crippen LogP contribution in [0.2, 0.25) is 5.02 Å². The SMILES string of the molecule is COc1ccc(NC(=O)c2cc(Nc3cc(C)ccc3C)ncn2)cc1Cl. The molecule has 3 aromatic rings. The van der Waals surface area contributed by atoms with E-state index in [0.717, 1.165) is 16.8 Å². The standard InChI is InChI=1S/C20H19ClN4O2/c1-12-4-5-13(2)16(8-12)25-19-10-17(22-11-23-19)20(26)24-14-6-7-18(27-3)15(21)9-14/h4-11H,1-3H3,(H,24,26)(H,22,23,25). The fourth-order valence-electron chi connectivity index (χ4n) is 2.50. The molecule has 6 nitrogen and oxygen atoms in total. The molecule has 27 heavy (non-hydrogen) atoms. The Morgan fingerprint density at radius 3 is 2.63 bits per heavy atom. The Kier molecular flexibility index (Phi) is 5.57. The second kappa shape index (κ2) is 8.05. The molecule has 1 heterocycles. The summed E-state index contributed by atoms with van der Waals surface area (Å²) in [5.41, 5.74) is 3.93. The highest BCUT2D eigenvalue weighted by atomic mass is 35.5. The first-order valence-electron chi connectivity index (χ1n) is 8.27. The molecule has 0 fully saturated rings. The summed E-state index contributed by atoms with van der Waals surface area (Å²) >= 11 is 6.09. The number of benzene rings is 2. The molecule has 1 aromatic heterocycles. The highest BCUT2D eigenvalue weighted by Gasteiger charge is 2.11. The quantitative estimate of drug-likeness (QED) is 0.665. The van der Waals surface area contributed by atoms with E-state index in [0.29, 0.717) is 22.3 Å². The molecular formula is C20H19ClN4O2. The predicted molar refractivity (Wildman–Crippen MR) is 107 cm³/mol. The van der Waals surface area contributed by atoms with Gasteiger partial charge in [0.15, 0.2) is 0 Å². The topological polar surface area (TPSA) is 76.1 Å². The van der Waals surface area contributed by atoms with Crippen molar-refractivity contribution >= 4 is 34.7 Å². The van der Waals surface area contributed by atoms with Gasteiger partial charge in [-0.25, -0.2) is 9.97 Å². The number of methoxy groups -OCH3 is 1. The third kappa shape index (κ3) is 4.54. The van der Waals surface area contributed by atoms with Crippen LogP contribution < -0.4 is 15.4 Å². The Balaban J connectivity index is 1.77. The van der Waals surface area contributed by atoms with Crippen molar-refractivity contribution in [2.75, 3.05) is 17.7 Å². The lowest BCUT2D eigenvalue weighted by molar-refractivity contribution is 0.102. The van der Waals surface area contributed by atoms with Gasteiger partial charge in [0.2, 0.25) is 0 Å². The van der Waals surface area contributed by atoms with Crippen LogP contribution in [0.4, 0.5) is 17.2 Å². The monoisotopic (exact) mass is 382 g/mol. The first kappa shape index (κ1) is 18.7. The van der Waals surface area contributed by atoms with Gasteiger partial charge in [-0.1, -0.05) is 23.7 Å². The summed E-state index contributed by atoms with van der Waals surface area (Å²) in [5.74, 6) is 0.718. The molecule has 1 amide bonds. The Morgan fingerprint density at radius 2 is 1.89 bits per heavy atom. The highest BCUT2D eigenvalue weighted by molar-refractivity contribution is 6.32. The van der Waals surface area contributed by atoms with E-state index >= 15 is 0 Å². The van der Waals surface area contributed by atoms with E-state index in [1.54, 1.807) is 24.3 Å². The zero-order chi connectivity index (χ0) is 19.4. The van der Waals surface area contributed by atoms with Gasteiger partial charge >= 0.3 is 0 Å². The summed E-state index contributed by atoms with van der Waals surface area (Å²) in [4.78, 5) is 20.7. The number of anilines is 3. The van der Waals surface area contributed by atoms with Gasteiger partial charge in [-0.15, -0.1) is 0 Å². The van der Waals surface area contributed by atoms with Crippen molar-refractivity contribution in [3.63, 3.8) is 0 Å². The second-order valence-corrected chi connectivity index (χ2v) is 6.44. The number of hydrogen-bond acceptors (Lipinski definition) is 5. The minimum absolute atomic E-state index is 0.241. The maximum atomic E-state index is 12.5. The predicted octanol–water partition coefficient (Wildman–Crippen LogP) is 4.75. The van der Waals surface area contributed by atoms with Gasteiger partial charge in [-0.05, 0) is 49.2 Å². The minimum atomic E-state index is -0.359. The number of rotatable bonds is 5. The van der Waals surface area contributed by atoms with E-state index in [1.807, 2.05) is 32.0 Å². The lowest BCUT2D eigenvalue weighted by Crippen LogP contribution is -2.14. The number of aryl methyl sites for hydroxylation is 2. The van der Waals surface area contributed by atoms with Crippen molar-refractivity contribution in [3.8, 4) is 5.75 Å². The summed E-state index contributed by atoms with van der Waals surface area (Å²) in [6.45, 7) is 4.02. The van der Waals surface area contributed by atoms with Crippen LogP contribution in [-0.4, -0.2) is 23.0 Å². The van der Waals surface area contributed by atoms with Gasteiger partial charge in [0.25, 0.3) is 5.91 Å². The van der Waals surface area contributed by atoms with Crippen molar-refractivity contribution in [2.24, 2.45) is 0 Å². The maximum Gasteiger partial charge on any atom is 0.274 e. The molecule has 2 aromatic carbocycles. The molecule has 0 bridgehead atoms. The van der Waals surface area contributed by atoms with Gasteiger partial charge in [0.05, 0.1) is 12.1 Å². The summed E-state index contributed by atoms with van der Waals surface area (Å²) < 4.78 is 5.11. The molecule has 7 heteroatoms. The van der Waals surface area contributed by atoms with Crippen LogP contribution >= 0.6 is 11.6 Å². The van der Waals surface area contributed by atoms with Gasteiger partial charge in [-0.3, -0.25) is 4.79 Å². The van der Waals surface area contributed by atoms with Crippen LogP contribution in [0.1, 0.15) is 21.6 Å². The van der Waals surface area contributed by atoms with Crippen LogP contribution in [0, 0.1) is 13.8 Å². The number of ether oxygens (including phenoxy) is 1. The van der Waals surface area contributed by atoms with Crippen molar-refractivity contribution in [1.82, 2.24) is 9.97 Å². The number of amides is 1. The lowest BCUT2D eigenvalue weighted by atomic mass is 10.1. The molecule has 0 saturated heterocycles.